The minimum atomic E-state index is -0.790. The highest BCUT2D eigenvalue weighted by atomic mass is 35.5. The third-order valence-electron chi connectivity index (χ3n) is 3.49. The molecule has 1 aliphatic heterocycles. The van der Waals surface area contributed by atoms with E-state index in [0.717, 1.165) is 0 Å². The number of nitrogens with zero attached hydrogens (tertiary/aromatic N) is 3. The topological polar surface area (TPSA) is 65.8 Å². The molecule has 1 amide bonds. The summed E-state index contributed by atoms with van der Waals surface area (Å²) in [5.41, 5.74) is 0.578. The van der Waals surface area contributed by atoms with Crippen LogP contribution in [0.4, 0.5) is 0 Å². The van der Waals surface area contributed by atoms with Gasteiger partial charge in [-0.2, -0.15) is 0 Å². The average Bonchev–Trinajstić information content (AvgIpc) is 2.75. The van der Waals surface area contributed by atoms with E-state index in [2.05, 4.69) is 4.90 Å². The highest BCUT2D eigenvalue weighted by Gasteiger charge is 2.24. The van der Waals surface area contributed by atoms with E-state index in [-0.39, 0.29) is 12.3 Å². The third kappa shape index (κ3) is 3.52. The monoisotopic (exact) mass is 299 g/mol. The maximum Gasteiger partial charge on any atom is 0.304 e. The molecule has 1 aliphatic rings. The van der Waals surface area contributed by atoms with E-state index in [1.165, 1.54) is 0 Å². The lowest BCUT2D eigenvalue weighted by molar-refractivity contribution is -0.137. The number of aliphatic carboxylic acids is 1. The summed E-state index contributed by atoms with van der Waals surface area (Å²) in [6.45, 7) is 3.17. The van der Waals surface area contributed by atoms with E-state index in [4.69, 9.17) is 16.7 Å². The van der Waals surface area contributed by atoms with Gasteiger partial charge in [0.15, 0.2) is 0 Å². The predicted octanol–water partition coefficient (Wildman–Crippen LogP) is 0.911. The highest BCUT2D eigenvalue weighted by Crippen LogP contribution is 2.15. The Morgan fingerprint density at radius 3 is 2.45 bits per heavy atom. The second-order valence-corrected chi connectivity index (χ2v) is 5.37. The standard InChI is InChI=1S/C13H18ClN3O3/c1-15-9-10(14)8-11(15)13(20)17-6-4-16(5-7-17)3-2-12(18)19/h8-9H,2-7H2,1H3,(H,18,19). The van der Waals surface area contributed by atoms with Gasteiger partial charge in [0.05, 0.1) is 11.4 Å². The van der Waals surface area contributed by atoms with Gasteiger partial charge in [0.25, 0.3) is 5.91 Å². The molecule has 0 radical (unpaired) electrons. The van der Waals surface area contributed by atoms with E-state index in [1.54, 1.807) is 28.8 Å². The van der Waals surface area contributed by atoms with E-state index in [9.17, 15) is 9.59 Å². The number of aryl methyl sites for hydroxylation is 1. The first kappa shape index (κ1) is 14.9. The summed E-state index contributed by atoms with van der Waals surface area (Å²) in [5, 5.41) is 9.21. The molecule has 110 valence electrons. The van der Waals surface area contributed by atoms with E-state index >= 15 is 0 Å². The van der Waals surface area contributed by atoms with Gasteiger partial charge in [-0.25, -0.2) is 0 Å². The van der Waals surface area contributed by atoms with Crippen molar-refractivity contribution < 1.29 is 14.7 Å². The zero-order valence-corrected chi connectivity index (χ0v) is 12.1. The molecule has 0 bridgehead atoms. The molecule has 20 heavy (non-hydrogen) atoms. The van der Waals surface area contributed by atoms with E-state index in [1.807, 2.05) is 0 Å². The van der Waals surface area contributed by atoms with Crippen molar-refractivity contribution in [2.45, 2.75) is 6.42 Å². The van der Waals surface area contributed by atoms with Crippen LogP contribution in [-0.4, -0.2) is 64.1 Å². The van der Waals surface area contributed by atoms with Crippen LogP contribution in [0, 0.1) is 0 Å². The molecule has 2 rings (SSSR count). The van der Waals surface area contributed by atoms with Crippen molar-refractivity contribution in [3.8, 4) is 0 Å². The summed E-state index contributed by atoms with van der Waals surface area (Å²) < 4.78 is 1.72. The number of rotatable bonds is 4. The molecule has 0 spiro atoms. The summed E-state index contributed by atoms with van der Waals surface area (Å²) in [7, 11) is 1.79. The molecule has 1 fully saturated rings. The van der Waals surface area contributed by atoms with Crippen LogP contribution in [0.2, 0.25) is 5.02 Å². The third-order valence-corrected chi connectivity index (χ3v) is 3.70. The van der Waals surface area contributed by atoms with Crippen molar-refractivity contribution in [3.05, 3.63) is 23.0 Å². The zero-order valence-electron chi connectivity index (χ0n) is 11.4. The van der Waals surface area contributed by atoms with Crippen LogP contribution in [-0.2, 0) is 11.8 Å². The van der Waals surface area contributed by atoms with E-state index in [0.29, 0.717) is 43.4 Å². The molecular formula is C13H18ClN3O3. The Labute approximate surface area is 122 Å². The zero-order chi connectivity index (χ0) is 14.7. The lowest BCUT2D eigenvalue weighted by atomic mass is 10.2. The number of carboxylic acids is 1. The van der Waals surface area contributed by atoms with Gasteiger partial charge >= 0.3 is 5.97 Å². The van der Waals surface area contributed by atoms with Gasteiger partial charge in [-0.15, -0.1) is 0 Å². The Balaban J connectivity index is 1.89. The van der Waals surface area contributed by atoms with Crippen molar-refractivity contribution in [1.29, 1.82) is 0 Å². The Morgan fingerprint density at radius 2 is 1.95 bits per heavy atom. The Kier molecular flexibility index (Phi) is 4.67. The van der Waals surface area contributed by atoms with Crippen molar-refractivity contribution >= 4 is 23.5 Å². The first-order valence-electron chi connectivity index (χ1n) is 6.52. The minimum Gasteiger partial charge on any atom is -0.481 e. The Morgan fingerprint density at radius 1 is 1.30 bits per heavy atom. The lowest BCUT2D eigenvalue weighted by Gasteiger charge is -2.34. The van der Waals surface area contributed by atoms with Crippen LogP contribution < -0.4 is 0 Å². The van der Waals surface area contributed by atoms with E-state index < -0.39 is 5.97 Å². The number of piperazine rings is 1. The molecule has 0 aromatic carbocycles. The fourth-order valence-corrected chi connectivity index (χ4v) is 2.58. The molecule has 1 aromatic heterocycles. The summed E-state index contributed by atoms with van der Waals surface area (Å²) in [6, 6.07) is 1.67. The first-order chi connectivity index (χ1) is 9.47. The summed E-state index contributed by atoms with van der Waals surface area (Å²) in [5.74, 6) is -0.820. The highest BCUT2D eigenvalue weighted by molar-refractivity contribution is 6.31. The molecule has 0 atom stereocenters. The Hall–Kier alpha value is -1.53. The van der Waals surface area contributed by atoms with Crippen LogP contribution in [0.15, 0.2) is 12.3 Å². The number of halogens is 1. The summed E-state index contributed by atoms with van der Waals surface area (Å²) in [6.07, 6.45) is 1.85. The van der Waals surface area contributed by atoms with Crippen LogP contribution >= 0.6 is 11.6 Å². The number of aromatic nitrogens is 1. The summed E-state index contributed by atoms with van der Waals surface area (Å²) >= 11 is 5.89. The quantitative estimate of drug-likeness (QED) is 0.897. The smallest absolute Gasteiger partial charge is 0.304 e. The molecule has 0 saturated carbocycles. The van der Waals surface area contributed by atoms with Crippen molar-refractivity contribution in [3.63, 3.8) is 0 Å². The maximum atomic E-state index is 12.3. The Bertz CT molecular complexity index is 507. The van der Waals surface area contributed by atoms with Gasteiger partial charge in [-0.05, 0) is 6.07 Å². The number of hydrogen-bond acceptors (Lipinski definition) is 3. The molecule has 1 saturated heterocycles. The summed E-state index contributed by atoms with van der Waals surface area (Å²) in [4.78, 5) is 26.7. The fraction of sp³-hybridized carbons (Fsp3) is 0.538. The number of hydrogen-bond donors (Lipinski definition) is 1. The predicted molar refractivity (Wildman–Crippen MR) is 75.0 cm³/mol. The van der Waals surface area contributed by atoms with Crippen LogP contribution in [0.3, 0.4) is 0 Å². The molecule has 7 heteroatoms. The number of carbonyl (C=O) groups excluding carboxylic acids is 1. The normalized spacial score (nSPS) is 16.4. The molecule has 6 nitrogen and oxygen atoms in total. The minimum absolute atomic E-state index is 0.0303. The fourth-order valence-electron chi connectivity index (χ4n) is 2.33. The molecule has 1 N–H and O–H groups in total. The number of amides is 1. The van der Waals surface area contributed by atoms with Crippen LogP contribution in [0.25, 0.3) is 0 Å². The second-order valence-electron chi connectivity index (χ2n) is 4.93. The van der Waals surface area contributed by atoms with Crippen LogP contribution in [0.5, 0.6) is 0 Å². The van der Waals surface area contributed by atoms with Gasteiger partial charge in [0.1, 0.15) is 5.69 Å². The number of carbonyl (C=O) groups is 2. The molecular weight excluding hydrogens is 282 g/mol. The van der Waals surface area contributed by atoms with Gasteiger partial charge < -0.3 is 14.6 Å². The first-order valence-corrected chi connectivity index (χ1v) is 6.90. The second kappa shape index (κ2) is 6.28. The molecule has 1 aromatic rings. The molecule has 0 aliphatic carbocycles. The van der Waals surface area contributed by atoms with Crippen molar-refractivity contribution in [2.75, 3.05) is 32.7 Å². The average molecular weight is 300 g/mol. The lowest BCUT2D eigenvalue weighted by Crippen LogP contribution is -2.49. The SMILES string of the molecule is Cn1cc(Cl)cc1C(=O)N1CCN(CCC(=O)O)CC1. The van der Waals surface area contributed by atoms with Gasteiger partial charge in [-0.1, -0.05) is 11.6 Å². The van der Waals surface area contributed by atoms with Crippen molar-refractivity contribution in [2.24, 2.45) is 7.05 Å². The molecule has 0 unspecified atom stereocenters. The van der Waals surface area contributed by atoms with Crippen LogP contribution in [0.1, 0.15) is 16.9 Å². The van der Waals surface area contributed by atoms with Gasteiger partial charge in [-0.3, -0.25) is 14.5 Å². The largest absolute Gasteiger partial charge is 0.481 e. The number of carboxylic acid groups (broad SMARTS) is 1. The maximum absolute atomic E-state index is 12.3. The van der Waals surface area contributed by atoms with Gasteiger partial charge in [0, 0.05) is 46.0 Å². The molecule has 2 heterocycles. The van der Waals surface area contributed by atoms with Crippen molar-refractivity contribution in [1.82, 2.24) is 14.4 Å². The van der Waals surface area contributed by atoms with Gasteiger partial charge in [0.2, 0.25) is 0 Å².